The Hall–Kier alpha value is -0.0800. The second-order valence-electron chi connectivity index (χ2n) is 5.42. The smallest absolute Gasteiger partial charge is 0.161 e. The van der Waals surface area contributed by atoms with Crippen molar-refractivity contribution in [1.82, 2.24) is 0 Å². The Morgan fingerprint density at radius 1 is 1.33 bits per heavy atom. The monoisotopic (exact) mass is 166 g/mol. The Bertz CT molecular complexity index is 277. The molecule has 0 amide bonds. The van der Waals surface area contributed by atoms with Crippen LogP contribution in [0.4, 0.5) is 0 Å². The van der Waals surface area contributed by atoms with Crippen molar-refractivity contribution in [1.29, 1.82) is 0 Å². The van der Waals surface area contributed by atoms with Crippen LogP contribution in [0.3, 0.4) is 0 Å². The number of hydrogen-bond acceptors (Lipinski definition) is 2. The third kappa shape index (κ3) is 0.391. The molecular weight excluding hydrogens is 152 g/mol. The average molecular weight is 166 g/mol. The normalized spacial score (nSPS) is 76.5. The molecule has 6 aliphatic rings. The van der Waals surface area contributed by atoms with Gasteiger partial charge >= 0.3 is 0 Å². The van der Waals surface area contributed by atoms with E-state index in [1.807, 2.05) is 0 Å². The molecule has 6 fully saturated rings. The van der Waals surface area contributed by atoms with Crippen LogP contribution in [0.25, 0.3) is 0 Å². The van der Waals surface area contributed by atoms with Crippen LogP contribution in [0.2, 0.25) is 0 Å². The van der Waals surface area contributed by atoms with E-state index in [1.165, 1.54) is 6.42 Å². The molecule has 4 saturated heterocycles. The number of fused-ring (bicyclic) bond motifs is 1. The minimum atomic E-state index is 0.153. The van der Waals surface area contributed by atoms with E-state index in [1.54, 1.807) is 0 Å². The highest BCUT2D eigenvalue weighted by molar-refractivity contribution is 5.26. The van der Waals surface area contributed by atoms with Crippen LogP contribution in [-0.4, -0.2) is 18.5 Å². The fraction of sp³-hybridized carbons (Fsp3) is 1.00. The van der Waals surface area contributed by atoms with Gasteiger partial charge in [-0.15, -0.1) is 0 Å². The second-order valence-corrected chi connectivity index (χ2v) is 5.42. The predicted molar refractivity (Wildman–Crippen MR) is 42.4 cm³/mol. The Balaban J connectivity index is 1.95. The van der Waals surface area contributed by atoms with Crippen molar-refractivity contribution in [3.63, 3.8) is 0 Å². The van der Waals surface area contributed by atoms with E-state index in [4.69, 9.17) is 9.47 Å². The lowest BCUT2D eigenvalue weighted by molar-refractivity contribution is -0.349. The van der Waals surface area contributed by atoms with Gasteiger partial charge in [-0.25, -0.2) is 0 Å². The van der Waals surface area contributed by atoms with Crippen LogP contribution >= 0.6 is 0 Å². The lowest BCUT2D eigenvalue weighted by Crippen LogP contribution is -2.61. The molecule has 2 nitrogen and oxygen atoms in total. The maximum absolute atomic E-state index is 5.97. The zero-order valence-electron chi connectivity index (χ0n) is 7.54. The summed E-state index contributed by atoms with van der Waals surface area (Å²) in [5.41, 5.74) is 0.497. The summed E-state index contributed by atoms with van der Waals surface area (Å²) in [6.07, 6.45) is 1.46. The van der Waals surface area contributed by atoms with E-state index in [0.29, 0.717) is 5.41 Å². The van der Waals surface area contributed by atoms with Crippen LogP contribution in [0.15, 0.2) is 0 Å². The van der Waals surface area contributed by atoms with Gasteiger partial charge in [0.2, 0.25) is 0 Å². The summed E-state index contributed by atoms with van der Waals surface area (Å²) in [5.74, 6) is 2.65. The Labute approximate surface area is 72.2 Å². The van der Waals surface area contributed by atoms with E-state index in [0.717, 1.165) is 24.4 Å². The van der Waals surface area contributed by atoms with Gasteiger partial charge in [-0.2, -0.15) is 0 Å². The molecule has 0 spiro atoms. The van der Waals surface area contributed by atoms with Gasteiger partial charge in [0.15, 0.2) is 6.29 Å². The van der Waals surface area contributed by atoms with E-state index >= 15 is 0 Å². The van der Waals surface area contributed by atoms with Crippen molar-refractivity contribution in [3.05, 3.63) is 0 Å². The first-order valence-electron chi connectivity index (χ1n) is 4.95. The summed E-state index contributed by atoms with van der Waals surface area (Å²) in [6, 6.07) is 0. The highest BCUT2D eigenvalue weighted by Gasteiger charge is 2.81. The zero-order chi connectivity index (χ0) is 8.14. The first kappa shape index (κ1) is 6.39. The lowest BCUT2D eigenvalue weighted by Gasteiger charge is -2.55. The maximum Gasteiger partial charge on any atom is 0.161 e. The van der Waals surface area contributed by atoms with E-state index in [9.17, 15) is 0 Å². The molecule has 4 unspecified atom stereocenters. The van der Waals surface area contributed by atoms with Crippen LogP contribution in [0.1, 0.15) is 20.3 Å². The van der Waals surface area contributed by atoms with Gasteiger partial charge < -0.3 is 9.47 Å². The van der Waals surface area contributed by atoms with Gasteiger partial charge in [0.05, 0.1) is 12.2 Å². The van der Waals surface area contributed by atoms with Gasteiger partial charge in [-0.1, -0.05) is 6.92 Å². The molecule has 0 radical (unpaired) electrons. The Morgan fingerprint density at radius 3 is 2.83 bits per heavy atom. The van der Waals surface area contributed by atoms with Crippen molar-refractivity contribution in [2.45, 2.75) is 32.2 Å². The van der Waals surface area contributed by atoms with Crippen molar-refractivity contribution < 1.29 is 9.47 Å². The molecule has 2 heteroatoms. The van der Waals surface area contributed by atoms with Crippen LogP contribution in [0.5, 0.6) is 0 Å². The van der Waals surface area contributed by atoms with Crippen LogP contribution in [-0.2, 0) is 9.47 Å². The fourth-order valence-electron chi connectivity index (χ4n) is 4.13. The minimum absolute atomic E-state index is 0.153. The molecule has 0 aromatic rings. The maximum atomic E-state index is 5.97. The topological polar surface area (TPSA) is 18.5 Å². The van der Waals surface area contributed by atoms with Crippen molar-refractivity contribution in [3.8, 4) is 0 Å². The third-order valence-corrected chi connectivity index (χ3v) is 5.04. The van der Waals surface area contributed by atoms with Crippen molar-refractivity contribution >= 4 is 0 Å². The molecule has 6 atom stereocenters. The molecule has 4 aliphatic heterocycles. The van der Waals surface area contributed by atoms with E-state index in [2.05, 4.69) is 13.8 Å². The number of ether oxygens (including phenoxy) is 2. The summed E-state index contributed by atoms with van der Waals surface area (Å²) in [7, 11) is 0. The molecule has 6 bridgehead atoms. The van der Waals surface area contributed by atoms with E-state index in [-0.39, 0.29) is 11.9 Å². The highest BCUT2D eigenvalue weighted by atomic mass is 16.7. The highest BCUT2D eigenvalue weighted by Crippen LogP contribution is 2.78. The molecule has 0 aromatic heterocycles. The van der Waals surface area contributed by atoms with Crippen LogP contribution in [0, 0.1) is 23.2 Å². The van der Waals surface area contributed by atoms with E-state index < -0.39 is 0 Å². The van der Waals surface area contributed by atoms with Crippen molar-refractivity contribution in [2.24, 2.45) is 23.2 Å². The first-order chi connectivity index (χ1) is 5.66. The van der Waals surface area contributed by atoms with Gasteiger partial charge in [-0.3, -0.25) is 0 Å². The molecule has 2 saturated carbocycles. The Morgan fingerprint density at radius 2 is 2.17 bits per heavy atom. The molecule has 2 aliphatic carbocycles. The number of rotatable bonds is 0. The van der Waals surface area contributed by atoms with Gasteiger partial charge in [-0.05, 0) is 25.2 Å². The van der Waals surface area contributed by atoms with Gasteiger partial charge in [0, 0.05) is 11.3 Å². The molecular formula is C10H14O2. The number of hydrogen-bond donors (Lipinski definition) is 0. The van der Waals surface area contributed by atoms with Gasteiger partial charge in [0.1, 0.15) is 0 Å². The summed E-state index contributed by atoms with van der Waals surface area (Å²) in [6.45, 7) is 5.57. The molecule has 66 valence electrons. The lowest BCUT2D eigenvalue weighted by atomic mass is 9.69. The largest absolute Gasteiger partial charge is 0.352 e. The fourth-order valence-corrected chi connectivity index (χ4v) is 4.13. The molecule has 6 rings (SSSR count). The van der Waals surface area contributed by atoms with Crippen LogP contribution < -0.4 is 0 Å². The molecule has 4 heterocycles. The standard InChI is InChI=1S/C10H14O2/c1-9-4-11-8-6-5(7(6)9)3-10(9,2)12-8/h5-8H,3-4H2,1-2H3/t5?,6?,7-,8?,9?,10-/m0/s1. The predicted octanol–water partition coefficient (Wildman–Crippen LogP) is 1.40. The van der Waals surface area contributed by atoms with Gasteiger partial charge in [0.25, 0.3) is 0 Å². The molecule has 0 aromatic carbocycles. The average Bonchev–Trinajstić information content (AvgIpc) is 2.67. The SMILES string of the molecule is CC12COC3O[C@@]1(C)CC1C3[C@H]12. The second kappa shape index (κ2) is 1.38. The third-order valence-electron chi connectivity index (χ3n) is 5.04. The summed E-state index contributed by atoms with van der Waals surface area (Å²) < 4.78 is 11.7. The summed E-state index contributed by atoms with van der Waals surface area (Å²) in [4.78, 5) is 0. The quantitative estimate of drug-likeness (QED) is 0.541. The summed E-state index contributed by atoms with van der Waals surface area (Å²) >= 11 is 0. The molecule has 0 N–H and O–H groups in total. The summed E-state index contributed by atoms with van der Waals surface area (Å²) in [5, 5.41) is 0. The first-order valence-corrected chi connectivity index (χ1v) is 4.95. The molecule has 12 heavy (non-hydrogen) atoms. The zero-order valence-corrected chi connectivity index (χ0v) is 7.54. The van der Waals surface area contributed by atoms with Crippen molar-refractivity contribution in [2.75, 3.05) is 6.61 Å². The Kier molecular flexibility index (Phi) is 0.734. The minimum Gasteiger partial charge on any atom is -0.352 e.